The van der Waals surface area contributed by atoms with E-state index in [9.17, 15) is 4.79 Å². The van der Waals surface area contributed by atoms with Gasteiger partial charge in [-0.2, -0.15) is 4.98 Å². The third kappa shape index (κ3) is 3.27. The number of amides is 1. The number of carbonyl (C=O) groups excluding carboxylic acids is 1. The van der Waals surface area contributed by atoms with Gasteiger partial charge < -0.3 is 14.2 Å². The Bertz CT molecular complexity index is 726. The van der Waals surface area contributed by atoms with Crippen molar-refractivity contribution in [2.24, 2.45) is 5.92 Å². The molecule has 6 nitrogen and oxygen atoms in total. The number of nitrogens with zero attached hydrogens (tertiary/aromatic N) is 3. The third-order valence-electron chi connectivity index (χ3n) is 4.53. The molecule has 0 radical (unpaired) electrons. The lowest BCUT2D eigenvalue weighted by atomic mass is 10.0. The van der Waals surface area contributed by atoms with Gasteiger partial charge in [-0.25, -0.2) is 0 Å². The molecule has 2 aliphatic heterocycles. The summed E-state index contributed by atoms with van der Waals surface area (Å²) in [6.45, 7) is 3.24. The Morgan fingerprint density at radius 1 is 1.50 bits per heavy atom. The summed E-state index contributed by atoms with van der Waals surface area (Å²) in [6, 6.07) is 3.98. The molecular formula is C17H19N3O3S. The molecule has 2 aromatic rings. The Morgan fingerprint density at radius 2 is 2.42 bits per heavy atom. The first kappa shape index (κ1) is 15.5. The van der Waals surface area contributed by atoms with Gasteiger partial charge in [0, 0.05) is 30.0 Å². The number of aryl methyl sites for hydroxylation is 1. The van der Waals surface area contributed by atoms with E-state index in [-0.39, 0.29) is 18.1 Å². The zero-order chi connectivity index (χ0) is 16.5. The van der Waals surface area contributed by atoms with Gasteiger partial charge in [0.1, 0.15) is 0 Å². The minimum atomic E-state index is 0.0606. The monoisotopic (exact) mass is 345 g/mol. The van der Waals surface area contributed by atoms with Crippen LogP contribution in [0.4, 0.5) is 0 Å². The Kier molecular flexibility index (Phi) is 4.20. The molecule has 0 aliphatic carbocycles. The van der Waals surface area contributed by atoms with Crippen LogP contribution in [0.15, 0.2) is 28.1 Å². The summed E-state index contributed by atoms with van der Waals surface area (Å²) in [6.07, 6.45) is 5.36. The van der Waals surface area contributed by atoms with Crippen LogP contribution >= 0.6 is 11.3 Å². The van der Waals surface area contributed by atoms with E-state index >= 15 is 0 Å². The van der Waals surface area contributed by atoms with Gasteiger partial charge in [0.25, 0.3) is 0 Å². The molecule has 1 amide bonds. The average Bonchev–Trinajstić information content (AvgIpc) is 3.29. The van der Waals surface area contributed by atoms with Gasteiger partial charge in [0.2, 0.25) is 11.8 Å². The van der Waals surface area contributed by atoms with E-state index in [0.717, 1.165) is 17.8 Å². The van der Waals surface area contributed by atoms with E-state index in [1.807, 2.05) is 35.4 Å². The standard InChI is InChI=1S/C17H19N3O3S/c1-11-18-16(23-19-11)8-13-7-12-9-20(10-15(12)22-13)17(21)5-4-14-3-2-6-24-14/h2-6,12-13,15H,7-10H2,1H3/b5-4+/t12-,13+,15+/m1/s1. The van der Waals surface area contributed by atoms with Crippen molar-refractivity contribution >= 4 is 23.3 Å². The second-order valence-electron chi connectivity index (χ2n) is 6.32. The van der Waals surface area contributed by atoms with Crippen molar-refractivity contribution in [3.63, 3.8) is 0 Å². The number of hydrogen-bond acceptors (Lipinski definition) is 6. The quantitative estimate of drug-likeness (QED) is 0.796. The maximum atomic E-state index is 12.3. The highest BCUT2D eigenvalue weighted by molar-refractivity contribution is 7.10. The summed E-state index contributed by atoms with van der Waals surface area (Å²) in [7, 11) is 0. The lowest BCUT2D eigenvalue weighted by molar-refractivity contribution is -0.125. The summed E-state index contributed by atoms with van der Waals surface area (Å²) >= 11 is 1.62. The molecule has 0 N–H and O–H groups in total. The molecule has 2 aliphatic rings. The van der Waals surface area contributed by atoms with Gasteiger partial charge in [-0.05, 0) is 30.9 Å². The van der Waals surface area contributed by atoms with E-state index in [1.54, 1.807) is 17.4 Å². The number of carbonyl (C=O) groups is 1. The fourth-order valence-corrected chi connectivity index (χ4v) is 4.05. The summed E-state index contributed by atoms with van der Waals surface area (Å²) in [5.41, 5.74) is 0. The van der Waals surface area contributed by atoms with Crippen LogP contribution in [0.3, 0.4) is 0 Å². The number of likely N-dealkylation sites (tertiary alicyclic amines) is 1. The number of fused-ring (bicyclic) bond motifs is 1. The highest BCUT2D eigenvalue weighted by atomic mass is 32.1. The molecule has 4 heterocycles. The van der Waals surface area contributed by atoms with E-state index in [1.165, 1.54) is 0 Å². The number of rotatable bonds is 4. The second kappa shape index (κ2) is 6.49. The zero-order valence-electron chi connectivity index (χ0n) is 13.4. The molecule has 7 heteroatoms. The van der Waals surface area contributed by atoms with E-state index in [4.69, 9.17) is 9.26 Å². The molecule has 0 unspecified atom stereocenters. The average molecular weight is 345 g/mol. The van der Waals surface area contributed by atoms with Gasteiger partial charge in [-0.3, -0.25) is 4.79 Å². The molecule has 24 heavy (non-hydrogen) atoms. The summed E-state index contributed by atoms with van der Waals surface area (Å²) < 4.78 is 11.2. The van der Waals surface area contributed by atoms with Crippen LogP contribution in [0.5, 0.6) is 0 Å². The van der Waals surface area contributed by atoms with E-state index < -0.39 is 0 Å². The van der Waals surface area contributed by atoms with Crippen molar-refractivity contribution in [3.8, 4) is 0 Å². The zero-order valence-corrected chi connectivity index (χ0v) is 14.2. The highest BCUT2D eigenvalue weighted by Gasteiger charge is 2.43. The Labute approximate surface area is 144 Å². The van der Waals surface area contributed by atoms with Crippen molar-refractivity contribution in [3.05, 3.63) is 40.2 Å². The first-order valence-electron chi connectivity index (χ1n) is 8.12. The van der Waals surface area contributed by atoms with E-state index in [0.29, 0.717) is 30.6 Å². The van der Waals surface area contributed by atoms with E-state index in [2.05, 4.69) is 10.1 Å². The number of aromatic nitrogens is 2. The van der Waals surface area contributed by atoms with Crippen LogP contribution in [0.1, 0.15) is 23.0 Å². The molecule has 2 saturated heterocycles. The van der Waals surface area contributed by atoms with Crippen LogP contribution in [0, 0.1) is 12.8 Å². The molecular weight excluding hydrogens is 326 g/mol. The first-order valence-corrected chi connectivity index (χ1v) is 9.00. The van der Waals surface area contributed by atoms with Crippen LogP contribution in [0.2, 0.25) is 0 Å². The van der Waals surface area contributed by atoms with Crippen molar-refractivity contribution < 1.29 is 14.1 Å². The Hall–Kier alpha value is -1.99. The Morgan fingerprint density at radius 3 is 3.12 bits per heavy atom. The van der Waals surface area contributed by atoms with Crippen LogP contribution in [-0.2, 0) is 16.0 Å². The maximum absolute atomic E-state index is 12.3. The van der Waals surface area contributed by atoms with Gasteiger partial charge in [-0.15, -0.1) is 11.3 Å². The number of hydrogen-bond donors (Lipinski definition) is 0. The van der Waals surface area contributed by atoms with Crippen molar-refractivity contribution in [1.82, 2.24) is 15.0 Å². The molecule has 2 aromatic heterocycles. The molecule has 2 fully saturated rings. The fourth-order valence-electron chi connectivity index (χ4n) is 3.44. The summed E-state index contributed by atoms with van der Waals surface area (Å²) in [5.74, 6) is 1.74. The highest BCUT2D eigenvalue weighted by Crippen LogP contribution is 2.34. The number of thiophene rings is 1. The van der Waals surface area contributed by atoms with Gasteiger partial charge in [0.05, 0.1) is 18.6 Å². The predicted molar refractivity (Wildman–Crippen MR) is 89.4 cm³/mol. The molecule has 0 saturated carbocycles. The lowest BCUT2D eigenvalue weighted by Crippen LogP contribution is -2.30. The summed E-state index contributed by atoms with van der Waals surface area (Å²) in [4.78, 5) is 19.5. The first-order chi connectivity index (χ1) is 11.7. The van der Waals surface area contributed by atoms with Crippen LogP contribution < -0.4 is 0 Å². The summed E-state index contributed by atoms with van der Waals surface area (Å²) in [5, 5.41) is 5.81. The largest absolute Gasteiger partial charge is 0.372 e. The minimum absolute atomic E-state index is 0.0606. The van der Waals surface area contributed by atoms with Gasteiger partial charge >= 0.3 is 0 Å². The normalized spacial score (nSPS) is 26.4. The minimum Gasteiger partial charge on any atom is -0.372 e. The van der Waals surface area contributed by atoms with Gasteiger partial charge in [0.15, 0.2) is 5.82 Å². The number of ether oxygens (including phenoxy) is 1. The smallest absolute Gasteiger partial charge is 0.246 e. The van der Waals surface area contributed by atoms with Gasteiger partial charge in [-0.1, -0.05) is 11.2 Å². The van der Waals surface area contributed by atoms with Crippen molar-refractivity contribution in [2.45, 2.75) is 32.0 Å². The van der Waals surface area contributed by atoms with Crippen molar-refractivity contribution in [2.75, 3.05) is 13.1 Å². The third-order valence-corrected chi connectivity index (χ3v) is 5.37. The Balaban J connectivity index is 1.30. The fraction of sp³-hybridized carbons (Fsp3) is 0.471. The maximum Gasteiger partial charge on any atom is 0.246 e. The molecule has 0 spiro atoms. The van der Waals surface area contributed by atoms with Crippen LogP contribution in [-0.4, -0.2) is 46.2 Å². The molecule has 126 valence electrons. The molecule has 0 bridgehead atoms. The SMILES string of the molecule is Cc1noc(C[C@@H]2C[C@@H]3CN(C(=O)/C=C/c4cccs4)C[C@@H]3O2)n1. The topological polar surface area (TPSA) is 68.5 Å². The van der Waals surface area contributed by atoms with Crippen molar-refractivity contribution in [1.29, 1.82) is 0 Å². The molecule has 3 atom stereocenters. The molecule has 4 rings (SSSR count). The lowest BCUT2D eigenvalue weighted by Gasteiger charge is -2.17. The van der Waals surface area contributed by atoms with Crippen LogP contribution in [0.25, 0.3) is 6.08 Å². The molecule has 0 aromatic carbocycles. The second-order valence-corrected chi connectivity index (χ2v) is 7.30. The predicted octanol–water partition coefficient (Wildman–Crippen LogP) is 2.31.